The largest absolute Gasteiger partial charge is 0.477 e. The number of hydrogen-bond acceptors (Lipinski definition) is 6. The highest BCUT2D eigenvalue weighted by molar-refractivity contribution is 8.00. The van der Waals surface area contributed by atoms with E-state index in [0.29, 0.717) is 11.3 Å². The number of hydrogen-bond donors (Lipinski definition) is 2. The Morgan fingerprint density at radius 1 is 1.65 bits per heavy atom. The topological polar surface area (TPSA) is 110 Å². The summed E-state index contributed by atoms with van der Waals surface area (Å²) in [5.41, 5.74) is 5.82. The summed E-state index contributed by atoms with van der Waals surface area (Å²) in [5, 5.41) is 8.96. The van der Waals surface area contributed by atoms with Crippen LogP contribution in [0.15, 0.2) is 23.9 Å². The van der Waals surface area contributed by atoms with Crippen molar-refractivity contribution in [2.24, 2.45) is 5.73 Å². The SMILES string of the molecule is C=CC(OC(C)=O)C1=C(C(=O)O)N2C(=O)[C@H](N)[C@H]2SC1. The number of thioether (sulfide) groups is 1. The van der Waals surface area contributed by atoms with Gasteiger partial charge in [0.1, 0.15) is 23.2 Å². The molecule has 1 saturated heterocycles. The molecule has 108 valence electrons. The van der Waals surface area contributed by atoms with E-state index in [0.717, 1.165) is 4.90 Å². The molecule has 7 nitrogen and oxygen atoms in total. The third-order valence-corrected chi connectivity index (χ3v) is 4.42. The normalized spacial score (nSPS) is 26.5. The van der Waals surface area contributed by atoms with Crippen molar-refractivity contribution in [1.29, 1.82) is 0 Å². The number of carbonyl (C=O) groups excluding carboxylic acids is 2. The molecule has 2 aliphatic rings. The predicted octanol–water partition coefficient (Wildman–Crippen LogP) is -0.315. The lowest BCUT2D eigenvalue weighted by Gasteiger charge is -2.48. The maximum atomic E-state index is 11.7. The number of amides is 1. The van der Waals surface area contributed by atoms with Crippen molar-refractivity contribution in [3.8, 4) is 0 Å². The van der Waals surface area contributed by atoms with Crippen molar-refractivity contribution in [2.75, 3.05) is 5.75 Å². The van der Waals surface area contributed by atoms with Gasteiger partial charge in [0.2, 0.25) is 5.91 Å². The van der Waals surface area contributed by atoms with Gasteiger partial charge >= 0.3 is 11.9 Å². The molecule has 3 atom stereocenters. The van der Waals surface area contributed by atoms with Crippen LogP contribution in [0.3, 0.4) is 0 Å². The standard InChI is InChI=1S/C12H14N2O5S/c1-3-7(19-5(2)15)6-4-20-11-8(13)10(16)14(11)9(6)12(17)18/h3,7-8,11H,1,4,13H2,2H3,(H,17,18)/t7?,8-,11+/m0/s1. The van der Waals surface area contributed by atoms with Crippen LogP contribution in [0.5, 0.6) is 0 Å². The van der Waals surface area contributed by atoms with Gasteiger partial charge in [-0.2, -0.15) is 0 Å². The Balaban J connectivity index is 2.41. The molecule has 0 bridgehead atoms. The van der Waals surface area contributed by atoms with E-state index in [1.54, 1.807) is 0 Å². The van der Waals surface area contributed by atoms with Crippen molar-refractivity contribution in [3.05, 3.63) is 23.9 Å². The lowest BCUT2D eigenvalue weighted by Crippen LogP contribution is -2.68. The fourth-order valence-electron chi connectivity index (χ4n) is 2.20. The first-order chi connectivity index (χ1) is 9.38. The molecule has 2 rings (SSSR count). The molecule has 2 aliphatic heterocycles. The average molecular weight is 298 g/mol. The van der Waals surface area contributed by atoms with E-state index in [-0.39, 0.29) is 11.1 Å². The molecule has 0 aromatic heterocycles. The Labute approximate surface area is 119 Å². The second-order valence-electron chi connectivity index (χ2n) is 4.38. The Kier molecular flexibility index (Phi) is 3.87. The fourth-order valence-corrected chi connectivity index (χ4v) is 3.53. The zero-order valence-electron chi connectivity index (χ0n) is 10.7. The van der Waals surface area contributed by atoms with Crippen molar-refractivity contribution < 1.29 is 24.2 Å². The first kappa shape index (κ1) is 14.6. The van der Waals surface area contributed by atoms with Crippen molar-refractivity contribution in [1.82, 2.24) is 4.90 Å². The maximum Gasteiger partial charge on any atom is 0.352 e. The molecule has 1 unspecified atom stereocenters. The molecule has 0 aliphatic carbocycles. The molecule has 1 amide bonds. The van der Waals surface area contributed by atoms with Crippen LogP contribution in [0.2, 0.25) is 0 Å². The summed E-state index contributed by atoms with van der Waals surface area (Å²) in [7, 11) is 0. The molecular weight excluding hydrogens is 284 g/mol. The summed E-state index contributed by atoms with van der Waals surface area (Å²) < 4.78 is 5.03. The summed E-state index contributed by atoms with van der Waals surface area (Å²) in [6, 6.07) is -0.688. The van der Waals surface area contributed by atoms with Gasteiger partial charge in [0, 0.05) is 18.2 Å². The van der Waals surface area contributed by atoms with Gasteiger partial charge in [-0.1, -0.05) is 6.58 Å². The van der Waals surface area contributed by atoms with Crippen LogP contribution < -0.4 is 5.73 Å². The van der Waals surface area contributed by atoms with Gasteiger partial charge in [-0.25, -0.2) is 4.79 Å². The molecule has 3 N–H and O–H groups in total. The predicted molar refractivity (Wildman–Crippen MR) is 71.5 cm³/mol. The third kappa shape index (κ3) is 2.20. The number of nitrogens with two attached hydrogens (primary N) is 1. The molecule has 0 spiro atoms. The number of carbonyl (C=O) groups is 3. The van der Waals surface area contributed by atoms with Crippen LogP contribution in [0, 0.1) is 0 Å². The molecule has 20 heavy (non-hydrogen) atoms. The zero-order valence-corrected chi connectivity index (χ0v) is 11.6. The van der Waals surface area contributed by atoms with E-state index in [4.69, 9.17) is 10.5 Å². The van der Waals surface area contributed by atoms with Crippen LogP contribution in [0.1, 0.15) is 6.92 Å². The summed E-state index contributed by atoms with van der Waals surface area (Å²) >= 11 is 1.34. The second kappa shape index (κ2) is 5.29. The lowest BCUT2D eigenvalue weighted by molar-refractivity contribution is -0.148. The van der Waals surface area contributed by atoms with E-state index >= 15 is 0 Å². The molecule has 8 heteroatoms. The van der Waals surface area contributed by atoms with Crippen molar-refractivity contribution in [2.45, 2.75) is 24.4 Å². The minimum atomic E-state index is -1.25. The number of aliphatic carboxylic acids is 1. The smallest absolute Gasteiger partial charge is 0.352 e. The number of nitrogens with zero attached hydrogens (tertiary/aromatic N) is 1. The zero-order chi connectivity index (χ0) is 15.0. The van der Waals surface area contributed by atoms with Gasteiger partial charge in [0.25, 0.3) is 0 Å². The van der Waals surface area contributed by atoms with Crippen LogP contribution >= 0.6 is 11.8 Å². The van der Waals surface area contributed by atoms with E-state index < -0.39 is 30.0 Å². The molecule has 1 fully saturated rings. The minimum absolute atomic E-state index is 0.161. The van der Waals surface area contributed by atoms with Crippen LogP contribution in [-0.4, -0.2) is 51.1 Å². The molecule has 0 aromatic rings. The van der Waals surface area contributed by atoms with E-state index in [1.165, 1.54) is 24.8 Å². The number of rotatable bonds is 4. The Hall–Kier alpha value is -1.80. The third-order valence-electron chi connectivity index (χ3n) is 3.09. The van der Waals surface area contributed by atoms with Crippen molar-refractivity contribution in [3.63, 3.8) is 0 Å². The Morgan fingerprint density at radius 3 is 2.80 bits per heavy atom. The van der Waals surface area contributed by atoms with Crippen LogP contribution in [0.25, 0.3) is 0 Å². The van der Waals surface area contributed by atoms with Gasteiger partial charge < -0.3 is 15.6 Å². The van der Waals surface area contributed by atoms with Gasteiger partial charge in [-0.15, -0.1) is 11.8 Å². The van der Waals surface area contributed by atoms with E-state index in [1.807, 2.05) is 0 Å². The van der Waals surface area contributed by atoms with Gasteiger partial charge in [-0.05, 0) is 6.08 Å². The number of fused-ring (bicyclic) bond motifs is 1. The minimum Gasteiger partial charge on any atom is -0.477 e. The molecule has 0 aromatic carbocycles. The van der Waals surface area contributed by atoms with Gasteiger partial charge in [0.15, 0.2) is 0 Å². The summed E-state index contributed by atoms with van der Waals surface area (Å²) in [5.74, 6) is -1.92. The monoisotopic (exact) mass is 298 g/mol. The number of β-lactam (4-membered cyclic amide) rings is 1. The summed E-state index contributed by atoms with van der Waals surface area (Å²) in [6.45, 7) is 4.76. The summed E-state index contributed by atoms with van der Waals surface area (Å²) in [4.78, 5) is 35.4. The lowest BCUT2D eigenvalue weighted by atomic mass is 10.0. The molecule has 0 saturated carbocycles. The highest BCUT2D eigenvalue weighted by atomic mass is 32.2. The van der Waals surface area contributed by atoms with Crippen LogP contribution in [0.4, 0.5) is 0 Å². The van der Waals surface area contributed by atoms with E-state index in [2.05, 4.69) is 6.58 Å². The number of ether oxygens (including phenoxy) is 1. The number of carboxylic acids is 1. The number of carboxylic acid groups (broad SMARTS) is 1. The highest BCUT2D eigenvalue weighted by Gasteiger charge is 2.52. The van der Waals surface area contributed by atoms with Crippen molar-refractivity contribution >= 4 is 29.6 Å². The average Bonchev–Trinajstić information content (AvgIpc) is 2.41. The molecule has 0 radical (unpaired) electrons. The van der Waals surface area contributed by atoms with Crippen LogP contribution in [-0.2, 0) is 19.1 Å². The highest BCUT2D eigenvalue weighted by Crippen LogP contribution is 2.40. The second-order valence-corrected chi connectivity index (χ2v) is 5.49. The maximum absolute atomic E-state index is 11.7. The first-order valence-corrected chi connectivity index (χ1v) is 6.89. The molecule has 2 heterocycles. The Morgan fingerprint density at radius 2 is 2.30 bits per heavy atom. The number of esters is 1. The summed E-state index contributed by atoms with van der Waals surface area (Å²) in [6.07, 6.45) is 0.474. The fraction of sp³-hybridized carbons (Fsp3) is 0.417. The van der Waals surface area contributed by atoms with Gasteiger partial charge in [-0.3, -0.25) is 14.5 Å². The van der Waals surface area contributed by atoms with E-state index in [9.17, 15) is 19.5 Å². The molecular formula is C12H14N2O5S. The first-order valence-electron chi connectivity index (χ1n) is 5.84. The Bertz CT molecular complexity index is 530. The van der Waals surface area contributed by atoms with Gasteiger partial charge in [0.05, 0.1) is 0 Å². The quantitative estimate of drug-likeness (QED) is 0.416.